The van der Waals surface area contributed by atoms with E-state index in [0.717, 1.165) is 18.2 Å². The zero-order valence-electron chi connectivity index (χ0n) is 11.2. The molecule has 1 heterocycles. The second kappa shape index (κ2) is 6.04. The van der Waals surface area contributed by atoms with Gasteiger partial charge >= 0.3 is 0 Å². The highest BCUT2D eigenvalue weighted by atomic mass is 15.1. The number of hydrogen-bond acceptors (Lipinski definition) is 2. The number of aromatic nitrogens is 2. The molecule has 0 aliphatic heterocycles. The fourth-order valence-corrected chi connectivity index (χ4v) is 1.80. The minimum atomic E-state index is 0.580. The molecule has 0 bridgehead atoms. The van der Waals surface area contributed by atoms with E-state index in [-0.39, 0.29) is 0 Å². The first-order valence-electron chi connectivity index (χ1n) is 6.24. The predicted octanol–water partition coefficient (Wildman–Crippen LogP) is 2.94. The lowest BCUT2D eigenvalue weighted by Gasteiger charge is -2.15. The molecule has 0 aliphatic rings. The summed E-state index contributed by atoms with van der Waals surface area (Å²) >= 11 is 0. The SMILES string of the molecule is Cc1n[nH]c(C)c1CNC(C)CCC(C)C. The van der Waals surface area contributed by atoms with Crippen molar-refractivity contribution in [1.82, 2.24) is 15.5 Å². The Bertz CT molecular complexity index is 295. The molecule has 3 nitrogen and oxygen atoms in total. The summed E-state index contributed by atoms with van der Waals surface area (Å²) in [6.45, 7) is 11.9. The van der Waals surface area contributed by atoms with Gasteiger partial charge in [-0.1, -0.05) is 13.8 Å². The molecule has 0 radical (unpaired) electrons. The first kappa shape index (κ1) is 13.2. The standard InChI is InChI=1S/C13H25N3/c1-9(2)6-7-10(3)14-8-13-11(4)15-16-12(13)5/h9-10,14H,6-8H2,1-5H3,(H,15,16). The average Bonchev–Trinajstić information content (AvgIpc) is 2.53. The zero-order chi connectivity index (χ0) is 12.1. The van der Waals surface area contributed by atoms with Gasteiger partial charge in [0, 0.05) is 23.8 Å². The molecule has 0 spiro atoms. The van der Waals surface area contributed by atoms with Crippen LogP contribution in [0, 0.1) is 19.8 Å². The lowest BCUT2D eigenvalue weighted by atomic mass is 10.0. The molecule has 0 fully saturated rings. The number of aryl methyl sites for hydroxylation is 2. The Morgan fingerprint density at radius 2 is 1.88 bits per heavy atom. The molecule has 2 N–H and O–H groups in total. The zero-order valence-corrected chi connectivity index (χ0v) is 11.2. The fourth-order valence-electron chi connectivity index (χ4n) is 1.80. The van der Waals surface area contributed by atoms with E-state index in [1.807, 2.05) is 0 Å². The van der Waals surface area contributed by atoms with Crippen molar-refractivity contribution in [3.05, 3.63) is 17.0 Å². The van der Waals surface area contributed by atoms with Gasteiger partial charge in [-0.25, -0.2) is 0 Å². The summed E-state index contributed by atoms with van der Waals surface area (Å²) in [5.74, 6) is 0.793. The van der Waals surface area contributed by atoms with Gasteiger partial charge in [-0.15, -0.1) is 0 Å². The van der Waals surface area contributed by atoms with Crippen LogP contribution < -0.4 is 5.32 Å². The van der Waals surface area contributed by atoms with Crippen LogP contribution in [0.5, 0.6) is 0 Å². The third-order valence-corrected chi connectivity index (χ3v) is 3.09. The molecular weight excluding hydrogens is 198 g/mol. The molecule has 1 atom stereocenters. The molecule has 1 unspecified atom stereocenters. The highest BCUT2D eigenvalue weighted by Crippen LogP contribution is 2.11. The third-order valence-electron chi connectivity index (χ3n) is 3.09. The molecule has 1 rings (SSSR count). The summed E-state index contributed by atoms with van der Waals surface area (Å²) in [5.41, 5.74) is 3.61. The Morgan fingerprint density at radius 1 is 1.19 bits per heavy atom. The quantitative estimate of drug-likeness (QED) is 0.778. The maximum atomic E-state index is 4.20. The largest absolute Gasteiger partial charge is 0.310 e. The van der Waals surface area contributed by atoms with Crippen molar-refractivity contribution in [3.8, 4) is 0 Å². The molecule has 3 heteroatoms. The van der Waals surface area contributed by atoms with E-state index in [9.17, 15) is 0 Å². The summed E-state index contributed by atoms with van der Waals surface area (Å²) < 4.78 is 0. The summed E-state index contributed by atoms with van der Waals surface area (Å²) in [7, 11) is 0. The van der Waals surface area contributed by atoms with Crippen molar-refractivity contribution in [2.24, 2.45) is 5.92 Å². The van der Waals surface area contributed by atoms with E-state index in [0.29, 0.717) is 6.04 Å². The van der Waals surface area contributed by atoms with Crippen LogP contribution in [0.25, 0.3) is 0 Å². The van der Waals surface area contributed by atoms with Crippen LogP contribution in [0.1, 0.15) is 50.6 Å². The molecule has 0 saturated carbocycles. The number of nitrogens with one attached hydrogen (secondary N) is 2. The lowest BCUT2D eigenvalue weighted by Crippen LogP contribution is -2.26. The van der Waals surface area contributed by atoms with Crippen LogP contribution in [0.4, 0.5) is 0 Å². The van der Waals surface area contributed by atoms with Gasteiger partial charge in [-0.2, -0.15) is 5.10 Å². The van der Waals surface area contributed by atoms with Crippen LogP contribution in [-0.4, -0.2) is 16.2 Å². The van der Waals surface area contributed by atoms with Crippen LogP contribution >= 0.6 is 0 Å². The minimum Gasteiger partial charge on any atom is -0.310 e. The van der Waals surface area contributed by atoms with Crippen molar-refractivity contribution in [3.63, 3.8) is 0 Å². The molecule has 0 aliphatic carbocycles. The number of nitrogens with zero attached hydrogens (tertiary/aromatic N) is 1. The average molecular weight is 223 g/mol. The Labute approximate surface area is 99.0 Å². The van der Waals surface area contributed by atoms with Gasteiger partial charge in [0.15, 0.2) is 0 Å². The number of H-pyrrole nitrogens is 1. The number of hydrogen-bond donors (Lipinski definition) is 2. The summed E-state index contributed by atoms with van der Waals surface area (Å²) in [4.78, 5) is 0. The van der Waals surface area contributed by atoms with Crippen molar-refractivity contribution in [2.75, 3.05) is 0 Å². The van der Waals surface area contributed by atoms with Crippen LogP contribution in [0.2, 0.25) is 0 Å². The number of rotatable bonds is 6. The van der Waals surface area contributed by atoms with Gasteiger partial charge in [-0.3, -0.25) is 5.10 Å². The second-order valence-corrected chi connectivity index (χ2v) is 5.17. The van der Waals surface area contributed by atoms with Crippen LogP contribution in [0.3, 0.4) is 0 Å². The fraction of sp³-hybridized carbons (Fsp3) is 0.769. The Kier molecular flexibility index (Phi) is 5.00. The molecule has 0 saturated heterocycles. The summed E-state index contributed by atoms with van der Waals surface area (Å²) in [5, 5.41) is 10.8. The molecule has 92 valence electrons. The summed E-state index contributed by atoms with van der Waals surface area (Å²) in [6.07, 6.45) is 2.53. The molecule has 0 aromatic carbocycles. The van der Waals surface area contributed by atoms with E-state index in [2.05, 4.69) is 50.1 Å². The van der Waals surface area contributed by atoms with Crippen molar-refractivity contribution in [1.29, 1.82) is 0 Å². The number of aromatic amines is 1. The van der Waals surface area contributed by atoms with Gasteiger partial charge in [0.05, 0.1) is 5.69 Å². The normalized spacial score (nSPS) is 13.4. The highest BCUT2D eigenvalue weighted by molar-refractivity contribution is 5.22. The van der Waals surface area contributed by atoms with Gasteiger partial charge in [0.25, 0.3) is 0 Å². The Morgan fingerprint density at radius 3 is 2.38 bits per heavy atom. The van der Waals surface area contributed by atoms with Gasteiger partial charge in [0.2, 0.25) is 0 Å². The summed E-state index contributed by atoms with van der Waals surface area (Å²) in [6, 6.07) is 0.580. The van der Waals surface area contributed by atoms with Crippen molar-refractivity contribution < 1.29 is 0 Å². The van der Waals surface area contributed by atoms with E-state index in [1.54, 1.807) is 0 Å². The maximum Gasteiger partial charge on any atom is 0.0638 e. The smallest absolute Gasteiger partial charge is 0.0638 e. The highest BCUT2D eigenvalue weighted by Gasteiger charge is 2.08. The first-order valence-corrected chi connectivity index (χ1v) is 6.24. The topological polar surface area (TPSA) is 40.7 Å². The van der Waals surface area contributed by atoms with Gasteiger partial charge in [-0.05, 0) is 39.5 Å². The predicted molar refractivity (Wildman–Crippen MR) is 68.4 cm³/mol. The molecular formula is C13H25N3. The monoisotopic (exact) mass is 223 g/mol. The van der Waals surface area contributed by atoms with Crippen molar-refractivity contribution >= 4 is 0 Å². The Balaban J connectivity index is 2.34. The van der Waals surface area contributed by atoms with Gasteiger partial charge < -0.3 is 5.32 Å². The molecule has 16 heavy (non-hydrogen) atoms. The molecule has 1 aromatic heterocycles. The second-order valence-electron chi connectivity index (χ2n) is 5.17. The molecule has 0 amide bonds. The van der Waals surface area contributed by atoms with E-state index in [4.69, 9.17) is 0 Å². The van der Waals surface area contributed by atoms with Crippen LogP contribution in [-0.2, 0) is 6.54 Å². The van der Waals surface area contributed by atoms with E-state index >= 15 is 0 Å². The minimum absolute atomic E-state index is 0.580. The van der Waals surface area contributed by atoms with E-state index < -0.39 is 0 Å². The molecule has 1 aromatic rings. The van der Waals surface area contributed by atoms with Crippen LogP contribution in [0.15, 0.2) is 0 Å². The van der Waals surface area contributed by atoms with Crippen molar-refractivity contribution in [2.45, 2.75) is 60.0 Å². The van der Waals surface area contributed by atoms with Gasteiger partial charge in [0.1, 0.15) is 0 Å². The maximum absolute atomic E-state index is 4.20. The Hall–Kier alpha value is -0.830. The lowest BCUT2D eigenvalue weighted by molar-refractivity contribution is 0.450. The van der Waals surface area contributed by atoms with E-state index in [1.165, 1.54) is 24.1 Å². The first-order chi connectivity index (χ1) is 7.50. The third kappa shape index (κ3) is 3.97.